The van der Waals surface area contributed by atoms with Crippen molar-refractivity contribution >= 4 is 18.1 Å². The van der Waals surface area contributed by atoms with Gasteiger partial charge in [0, 0.05) is 6.54 Å². The number of hydrogen-bond acceptors (Lipinski definition) is 3. The zero-order valence-corrected chi connectivity index (χ0v) is 12.8. The van der Waals surface area contributed by atoms with E-state index in [1.165, 1.54) is 0 Å². The van der Waals surface area contributed by atoms with E-state index in [9.17, 15) is 9.59 Å². The molecule has 0 aliphatic carbocycles. The third kappa shape index (κ3) is 5.69. The molecule has 0 heterocycles. The smallest absolute Gasteiger partial charge is 0.407 e. The molecule has 0 atom stereocenters. The molecule has 114 valence electrons. The summed E-state index contributed by atoms with van der Waals surface area (Å²) in [5, 5.41) is 11.7. The number of nitrogens with one attached hydrogen (secondary N) is 1. The largest absolute Gasteiger partial charge is 0.478 e. The molecule has 21 heavy (non-hydrogen) atoms. The quantitative estimate of drug-likeness (QED) is 0.893. The van der Waals surface area contributed by atoms with Gasteiger partial charge in [-0.3, -0.25) is 0 Å². The van der Waals surface area contributed by atoms with E-state index in [4.69, 9.17) is 9.84 Å². The summed E-state index contributed by atoms with van der Waals surface area (Å²) in [4.78, 5) is 22.6. The van der Waals surface area contributed by atoms with E-state index in [-0.39, 0.29) is 12.1 Å². The van der Waals surface area contributed by atoms with Gasteiger partial charge in [-0.2, -0.15) is 0 Å². The van der Waals surface area contributed by atoms with Crippen LogP contribution >= 0.6 is 0 Å². The molecule has 0 spiro atoms. The molecule has 0 fully saturated rings. The summed E-state index contributed by atoms with van der Waals surface area (Å²) in [6.45, 7) is 7.47. The summed E-state index contributed by atoms with van der Waals surface area (Å²) in [6, 6.07) is 5.10. The second kappa shape index (κ2) is 6.92. The molecule has 0 bridgehead atoms. The molecule has 5 nitrogen and oxygen atoms in total. The van der Waals surface area contributed by atoms with E-state index in [0.29, 0.717) is 5.56 Å². The Morgan fingerprint density at radius 1 is 1.33 bits per heavy atom. The Morgan fingerprint density at radius 2 is 2.00 bits per heavy atom. The Labute approximate surface area is 124 Å². The Kier molecular flexibility index (Phi) is 5.52. The van der Waals surface area contributed by atoms with Gasteiger partial charge in [-0.05, 0) is 44.9 Å². The number of amides is 1. The van der Waals surface area contributed by atoms with Crippen LogP contribution in [0, 0.1) is 6.92 Å². The van der Waals surface area contributed by atoms with Crippen molar-refractivity contribution in [3.63, 3.8) is 0 Å². The lowest BCUT2D eigenvalue weighted by Gasteiger charge is -2.19. The van der Waals surface area contributed by atoms with Gasteiger partial charge in [0.15, 0.2) is 0 Å². The number of benzene rings is 1. The van der Waals surface area contributed by atoms with Gasteiger partial charge in [-0.1, -0.05) is 24.3 Å². The molecule has 5 heteroatoms. The molecule has 2 N–H and O–H groups in total. The van der Waals surface area contributed by atoms with E-state index in [0.717, 1.165) is 5.56 Å². The summed E-state index contributed by atoms with van der Waals surface area (Å²) in [6.07, 6.45) is 2.88. The third-order valence-electron chi connectivity index (χ3n) is 2.60. The van der Waals surface area contributed by atoms with E-state index >= 15 is 0 Å². The second-order valence-corrected chi connectivity index (χ2v) is 5.63. The Morgan fingerprint density at radius 3 is 2.57 bits per heavy atom. The van der Waals surface area contributed by atoms with Crippen molar-refractivity contribution in [1.29, 1.82) is 0 Å². The lowest BCUT2D eigenvalue weighted by Crippen LogP contribution is -2.32. The van der Waals surface area contributed by atoms with Crippen LogP contribution in [0.4, 0.5) is 4.79 Å². The number of rotatable bonds is 4. The first-order chi connectivity index (χ1) is 9.70. The molecule has 0 aliphatic rings. The molecule has 1 aromatic carbocycles. The van der Waals surface area contributed by atoms with E-state index in [1.54, 1.807) is 45.1 Å². The molecule has 0 saturated heterocycles. The number of carbonyl (C=O) groups is 2. The van der Waals surface area contributed by atoms with Gasteiger partial charge in [0.1, 0.15) is 5.60 Å². The molecule has 0 saturated carbocycles. The predicted octanol–water partition coefficient (Wildman–Crippen LogP) is 3.23. The molecule has 1 amide bonds. The maximum Gasteiger partial charge on any atom is 0.407 e. The van der Waals surface area contributed by atoms with Gasteiger partial charge >= 0.3 is 12.1 Å². The SMILES string of the molecule is Cc1cccc(C(=O)O)c1C=CCNC(=O)OC(C)(C)C. The molecule has 1 aromatic rings. The van der Waals surface area contributed by atoms with Crippen LogP contribution < -0.4 is 5.32 Å². The lowest BCUT2D eigenvalue weighted by molar-refractivity contribution is 0.0533. The first kappa shape index (κ1) is 16.8. The fourth-order valence-corrected chi connectivity index (χ4v) is 1.72. The van der Waals surface area contributed by atoms with Crippen LogP contribution in [0.1, 0.15) is 42.3 Å². The third-order valence-corrected chi connectivity index (χ3v) is 2.60. The van der Waals surface area contributed by atoms with Gasteiger partial charge in [-0.15, -0.1) is 0 Å². The standard InChI is InChI=1S/C16H21NO4/c1-11-7-5-8-13(14(18)19)12(11)9-6-10-17-15(20)21-16(2,3)4/h5-9H,10H2,1-4H3,(H,17,20)(H,18,19). The van der Waals surface area contributed by atoms with Crippen LogP contribution in [0.3, 0.4) is 0 Å². The predicted molar refractivity (Wildman–Crippen MR) is 81.4 cm³/mol. The van der Waals surface area contributed by atoms with Crippen LogP contribution in [-0.2, 0) is 4.74 Å². The topological polar surface area (TPSA) is 75.6 Å². The van der Waals surface area contributed by atoms with Crippen molar-refractivity contribution in [2.24, 2.45) is 0 Å². The van der Waals surface area contributed by atoms with Crippen LogP contribution in [0.2, 0.25) is 0 Å². The van der Waals surface area contributed by atoms with E-state index in [2.05, 4.69) is 5.32 Å². The number of carboxylic acids is 1. The highest BCUT2D eigenvalue weighted by Crippen LogP contribution is 2.16. The summed E-state index contributed by atoms with van der Waals surface area (Å²) < 4.78 is 5.10. The van der Waals surface area contributed by atoms with Crippen molar-refractivity contribution < 1.29 is 19.4 Å². The number of carbonyl (C=O) groups excluding carboxylic acids is 1. The zero-order chi connectivity index (χ0) is 16.0. The maximum atomic E-state index is 11.5. The van der Waals surface area contributed by atoms with Gasteiger partial charge in [0.05, 0.1) is 5.56 Å². The Balaban J connectivity index is 2.66. The van der Waals surface area contributed by atoms with Gasteiger partial charge in [0.2, 0.25) is 0 Å². The summed E-state index contributed by atoms with van der Waals surface area (Å²) in [7, 11) is 0. The number of carboxylic acid groups (broad SMARTS) is 1. The molecule has 1 rings (SSSR count). The minimum atomic E-state index is -0.974. The zero-order valence-electron chi connectivity index (χ0n) is 12.8. The lowest BCUT2D eigenvalue weighted by atomic mass is 10.0. The average molecular weight is 291 g/mol. The van der Waals surface area contributed by atoms with E-state index < -0.39 is 17.7 Å². The number of hydrogen-bond donors (Lipinski definition) is 2. The van der Waals surface area contributed by atoms with Crippen LogP contribution in [0.5, 0.6) is 0 Å². The fourth-order valence-electron chi connectivity index (χ4n) is 1.72. The first-order valence-electron chi connectivity index (χ1n) is 6.67. The number of alkyl carbamates (subject to hydrolysis) is 1. The minimum absolute atomic E-state index is 0.239. The van der Waals surface area contributed by atoms with Gasteiger partial charge < -0.3 is 15.2 Å². The first-order valence-corrected chi connectivity index (χ1v) is 6.67. The van der Waals surface area contributed by atoms with Crippen molar-refractivity contribution in [2.45, 2.75) is 33.3 Å². The molecule has 0 unspecified atom stereocenters. The normalized spacial score (nSPS) is 11.4. The molecule has 0 aliphatic heterocycles. The van der Waals surface area contributed by atoms with Gasteiger partial charge in [-0.25, -0.2) is 9.59 Å². The molecular weight excluding hydrogens is 270 g/mol. The number of aryl methyl sites for hydroxylation is 1. The summed E-state index contributed by atoms with van der Waals surface area (Å²) in [5.41, 5.74) is 1.20. The van der Waals surface area contributed by atoms with Crippen LogP contribution in [-0.4, -0.2) is 29.3 Å². The molecular formula is C16H21NO4. The highest BCUT2D eigenvalue weighted by molar-refractivity contribution is 5.92. The average Bonchev–Trinajstić information content (AvgIpc) is 2.33. The number of aromatic carboxylic acids is 1. The Bertz CT molecular complexity index is 556. The maximum absolute atomic E-state index is 11.5. The minimum Gasteiger partial charge on any atom is -0.478 e. The summed E-state index contributed by atoms with van der Waals surface area (Å²) in [5.74, 6) is -0.974. The molecule has 0 aromatic heterocycles. The summed E-state index contributed by atoms with van der Waals surface area (Å²) >= 11 is 0. The fraction of sp³-hybridized carbons (Fsp3) is 0.375. The van der Waals surface area contributed by atoms with Crippen molar-refractivity contribution in [2.75, 3.05) is 6.54 Å². The van der Waals surface area contributed by atoms with E-state index in [1.807, 2.05) is 13.0 Å². The van der Waals surface area contributed by atoms with Crippen molar-refractivity contribution in [1.82, 2.24) is 5.32 Å². The highest BCUT2D eigenvalue weighted by Gasteiger charge is 2.15. The van der Waals surface area contributed by atoms with Crippen LogP contribution in [0.15, 0.2) is 24.3 Å². The van der Waals surface area contributed by atoms with Gasteiger partial charge in [0.25, 0.3) is 0 Å². The monoisotopic (exact) mass is 291 g/mol. The highest BCUT2D eigenvalue weighted by atomic mass is 16.6. The number of ether oxygens (including phenoxy) is 1. The van der Waals surface area contributed by atoms with Crippen LogP contribution in [0.25, 0.3) is 6.08 Å². The van der Waals surface area contributed by atoms with Crippen molar-refractivity contribution in [3.8, 4) is 0 Å². The second-order valence-electron chi connectivity index (χ2n) is 5.63. The Hall–Kier alpha value is -2.30. The van der Waals surface area contributed by atoms with Crippen molar-refractivity contribution in [3.05, 3.63) is 41.0 Å². The molecule has 0 radical (unpaired) electrons.